The van der Waals surface area contributed by atoms with Crippen molar-refractivity contribution < 1.29 is 14.6 Å². The fourth-order valence-electron chi connectivity index (χ4n) is 4.18. The van der Waals surface area contributed by atoms with Gasteiger partial charge in [0, 0.05) is 19.3 Å². The van der Waals surface area contributed by atoms with Gasteiger partial charge in [0.15, 0.2) is 0 Å². The van der Waals surface area contributed by atoms with Crippen LogP contribution in [0, 0.1) is 13.8 Å². The van der Waals surface area contributed by atoms with Gasteiger partial charge in [0.25, 0.3) is 0 Å². The van der Waals surface area contributed by atoms with Crippen molar-refractivity contribution in [3.05, 3.63) is 77.6 Å². The number of ether oxygens (including phenoxy) is 2. The number of aliphatic hydroxyl groups is 1. The van der Waals surface area contributed by atoms with Gasteiger partial charge in [0.1, 0.15) is 24.7 Å². The minimum atomic E-state index is -0.773. The molecule has 1 fully saturated rings. The van der Waals surface area contributed by atoms with Crippen LogP contribution in [0.5, 0.6) is 11.5 Å². The number of hydrogen-bond donors (Lipinski definition) is 1. The minimum absolute atomic E-state index is 0.341. The molecule has 1 aliphatic heterocycles. The highest BCUT2D eigenvalue weighted by Crippen LogP contribution is 2.25. The van der Waals surface area contributed by atoms with Crippen LogP contribution in [0.3, 0.4) is 0 Å². The monoisotopic (exact) mass is 449 g/mol. The largest absolute Gasteiger partial charge is 0.492 e. The quantitative estimate of drug-likeness (QED) is 0.526. The van der Waals surface area contributed by atoms with Crippen molar-refractivity contribution in [2.45, 2.75) is 51.8 Å². The molecule has 0 unspecified atom stereocenters. The Morgan fingerprint density at radius 3 is 2.36 bits per heavy atom. The highest BCUT2D eigenvalue weighted by Gasteiger charge is 2.31. The van der Waals surface area contributed by atoms with Gasteiger partial charge in [-0.1, -0.05) is 29.8 Å². The fourth-order valence-corrected chi connectivity index (χ4v) is 4.18. The van der Waals surface area contributed by atoms with Crippen LogP contribution in [-0.4, -0.2) is 51.7 Å². The van der Waals surface area contributed by atoms with E-state index in [0.29, 0.717) is 19.6 Å². The number of nitrogens with zero attached hydrogens (tertiary/aromatic N) is 3. The highest BCUT2D eigenvalue weighted by atomic mass is 16.5. The number of hydrogen-bond acceptors (Lipinski definition) is 5. The molecule has 176 valence electrons. The molecule has 6 nitrogen and oxygen atoms in total. The molecule has 3 aromatic rings. The van der Waals surface area contributed by atoms with Crippen molar-refractivity contribution >= 4 is 0 Å². The molecule has 1 saturated heterocycles. The van der Waals surface area contributed by atoms with E-state index in [1.807, 2.05) is 60.4 Å². The SMILES string of the molecule is Cc1ccc(OC[C@@]2(O)CCCN(Cc3ccc(OCCn4cc(C)cn4)cc3)CC2)cc1. The molecule has 1 atom stereocenters. The zero-order chi connectivity index (χ0) is 23.1. The summed E-state index contributed by atoms with van der Waals surface area (Å²) < 4.78 is 13.7. The van der Waals surface area contributed by atoms with E-state index in [1.54, 1.807) is 0 Å². The third-order valence-electron chi connectivity index (χ3n) is 6.22. The van der Waals surface area contributed by atoms with Crippen LogP contribution in [0.4, 0.5) is 0 Å². The molecular weight excluding hydrogens is 414 g/mol. The van der Waals surface area contributed by atoms with E-state index < -0.39 is 5.60 Å². The summed E-state index contributed by atoms with van der Waals surface area (Å²) in [5.41, 5.74) is 2.84. The lowest BCUT2D eigenvalue weighted by molar-refractivity contribution is -0.0168. The van der Waals surface area contributed by atoms with Crippen molar-refractivity contribution in [3.63, 3.8) is 0 Å². The second-order valence-electron chi connectivity index (χ2n) is 9.23. The van der Waals surface area contributed by atoms with Crippen molar-refractivity contribution in [1.29, 1.82) is 0 Å². The van der Waals surface area contributed by atoms with Crippen LogP contribution in [0.15, 0.2) is 60.9 Å². The van der Waals surface area contributed by atoms with Gasteiger partial charge in [-0.2, -0.15) is 5.10 Å². The van der Waals surface area contributed by atoms with Crippen molar-refractivity contribution in [3.8, 4) is 11.5 Å². The average Bonchev–Trinajstić information content (AvgIpc) is 3.14. The number of aromatic nitrogens is 2. The first-order chi connectivity index (χ1) is 16.0. The Morgan fingerprint density at radius 2 is 1.64 bits per heavy atom. The minimum Gasteiger partial charge on any atom is -0.492 e. The third-order valence-corrected chi connectivity index (χ3v) is 6.22. The number of aryl methyl sites for hydroxylation is 2. The molecule has 2 aromatic carbocycles. The van der Waals surface area contributed by atoms with Gasteiger partial charge >= 0.3 is 0 Å². The molecule has 1 N–H and O–H groups in total. The van der Waals surface area contributed by atoms with Gasteiger partial charge in [-0.05, 0) is 75.0 Å². The second-order valence-corrected chi connectivity index (χ2v) is 9.23. The van der Waals surface area contributed by atoms with E-state index in [1.165, 1.54) is 11.1 Å². The summed E-state index contributed by atoms with van der Waals surface area (Å²) in [5, 5.41) is 15.4. The zero-order valence-electron chi connectivity index (χ0n) is 19.7. The molecule has 0 spiro atoms. The van der Waals surface area contributed by atoms with Crippen LogP contribution in [0.1, 0.15) is 36.0 Å². The van der Waals surface area contributed by atoms with E-state index in [2.05, 4.69) is 29.1 Å². The Balaban J connectivity index is 1.21. The van der Waals surface area contributed by atoms with E-state index in [9.17, 15) is 5.11 Å². The summed E-state index contributed by atoms with van der Waals surface area (Å²) in [4.78, 5) is 2.42. The van der Waals surface area contributed by atoms with Crippen molar-refractivity contribution in [1.82, 2.24) is 14.7 Å². The molecule has 0 aliphatic carbocycles. The lowest BCUT2D eigenvalue weighted by Crippen LogP contribution is -2.37. The van der Waals surface area contributed by atoms with E-state index in [0.717, 1.165) is 56.1 Å². The summed E-state index contributed by atoms with van der Waals surface area (Å²) in [6.45, 7) is 8.48. The van der Waals surface area contributed by atoms with Crippen LogP contribution in [-0.2, 0) is 13.1 Å². The van der Waals surface area contributed by atoms with Gasteiger partial charge in [0.05, 0.1) is 18.3 Å². The first-order valence-electron chi connectivity index (χ1n) is 11.8. The predicted octanol–water partition coefficient (Wildman–Crippen LogP) is 4.37. The van der Waals surface area contributed by atoms with E-state index >= 15 is 0 Å². The Hall–Kier alpha value is -2.83. The molecule has 4 rings (SSSR count). The van der Waals surface area contributed by atoms with Crippen molar-refractivity contribution in [2.24, 2.45) is 0 Å². The molecule has 6 heteroatoms. The smallest absolute Gasteiger partial charge is 0.119 e. The highest BCUT2D eigenvalue weighted by molar-refractivity contribution is 5.27. The first-order valence-corrected chi connectivity index (χ1v) is 11.8. The molecular formula is C27H35N3O3. The summed E-state index contributed by atoms with van der Waals surface area (Å²) in [6.07, 6.45) is 6.31. The average molecular weight is 450 g/mol. The molecule has 0 amide bonds. The Bertz CT molecular complexity index is 1000. The summed E-state index contributed by atoms with van der Waals surface area (Å²) in [6, 6.07) is 16.3. The normalized spacial score (nSPS) is 19.2. The van der Waals surface area contributed by atoms with Crippen LogP contribution < -0.4 is 9.47 Å². The molecule has 0 saturated carbocycles. The Labute approximate surface area is 196 Å². The number of rotatable bonds is 9. The number of likely N-dealkylation sites (tertiary alicyclic amines) is 1. The number of benzene rings is 2. The summed E-state index contributed by atoms with van der Waals surface area (Å²) in [5.74, 6) is 1.69. The summed E-state index contributed by atoms with van der Waals surface area (Å²) in [7, 11) is 0. The van der Waals surface area contributed by atoms with Gasteiger partial charge in [-0.3, -0.25) is 9.58 Å². The molecule has 1 aliphatic rings. The van der Waals surface area contributed by atoms with Crippen LogP contribution in [0.2, 0.25) is 0 Å². The Kier molecular flexibility index (Phi) is 7.68. The van der Waals surface area contributed by atoms with Crippen LogP contribution >= 0.6 is 0 Å². The maximum Gasteiger partial charge on any atom is 0.119 e. The van der Waals surface area contributed by atoms with Crippen molar-refractivity contribution in [2.75, 3.05) is 26.3 Å². The molecule has 1 aromatic heterocycles. The first kappa shape index (κ1) is 23.3. The second kappa shape index (κ2) is 10.9. The topological polar surface area (TPSA) is 59.8 Å². The van der Waals surface area contributed by atoms with Gasteiger partial charge < -0.3 is 14.6 Å². The summed E-state index contributed by atoms with van der Waals surface area (Å²) >= 11 is 0. The standard InChI is InChI=1S/C27H35N3O3/c1-22-4-8-26(9-5-22)33-21-27(31)12-3-14-29(15-13-27)20-24-6-10-25(11-7-24)32-17-16-30-19-23(2)18-28-30/h4-11,18-19,31H,3,12-17,20-21H2,1-2H3/t27-/m1/s1. The molecule has 33 heavy (non-hydrogen) atoms. The van der Waals surface area contributed by atoms with Gasteiger partial charge in [0.2, 0.25) is 0 Å². The fraction of sp³-hybridized carbons (Fsp3) is 0.444. The van der Waals surface area contributed by atoms with Gasteiger partial charge in [-0.25, -0.2) is 0 Å². The molecule has 2 heterocycles. The van der Waals surface area contributed by atoms with Crippen LogP contribution in [0.25, 0.3) is 0 Å². The Morgan fingerprint density at radius 1 is 0.909 bits per heavy atom. The lowest BCUT2D eigenvalue weighted by Gasteiger charge is -2.27. The molecule has 0 radical (unpaired) electrons. The predicted molar refractivity (Wildman–Crippen MR) is 130 cm³/mol. The van der Waals surface area contributed by atoms with Gasteiger partial charge in [-0.15, -0.1) is 0 Å². The van der Waals surface area contributed by atoms with E-state index in [-0.39, 0.29) is 0 Å². The zero-order valence-corrected chi connectivity index (χ0v) is 19.7. The third kappa shape index (κ3) is 7.07. The maximum atomic E-state index is 11.1. The lowest BCUT2D eigenvalue weighted by atomic mass is 9.96. The molecule has 0 bridgehead atoms. The van der Waals surface area contributed by atoms with E-state index in [4.69, 9.17) is 9.47 Å². The maximum absolute atomic E-state index is 11.1.